The van der Waals surface area contributed by atoms with Gasteiger partial charge in [0.2, 0.25) is 5.91 Å². The SMILES string of the molecule is COc1ccc(SCC(=O)Nc2cnc(-c3ccccc3)nc2)cc1. The summed E-state index contributed by atoms with van der Waals surface area (Å²) in [6, 6.07) is 17.3. The molecule has 0 bridgehead atoms. The van der Waals surface area contributed by atoms with Crippen LogP contribution in [-0.2, 0) is 4.79 Å². The summed E-state index contributed by atoms with van der Waals surface area (Å²) in [7, 11) is 1.63. The molecule has 0 saturated heterocycles. The van der Waals surface area contributed by atoms with Crippen LogP contribution in [0.15, 0.2) is 71.9 Å². The second-order valence-corrected chi connectivity index (χ2v) is 6.22. The van der Waals surface area contributed by atoms with E-state index in [-0.39, 0.29) is 5.91 Å². The highest BCUT2D eigenvalue weighted by Crippen LogP contribution is 2.21. The van der Waals surface area contributed by atoms with E-state index in [0.29, 0.717) is 17.3 Å². The molecule has 3 aromatic rings. The number of nitrogens with zero attached hydrogens (tertiary/aromatic N) is 2. The lowest BCUT2D eigenvalue weighted by molar-refractivity contribution is -0.113. The van der Waals surface area contributed by atoms with E-state index >= 15 is 0 Å². The Kier molecular flexibility index (Phi) is 5.64. The number of nitrogens with one attached hydrogen (secondary N) is 1. The van der Waals surface area contributed by atoms with Crippen LogP contribution in [0.3, 0.4) is 0 Å². The summed E-state index contributed by atoms with van der Waals surface area (Å²) < 4.78 is 5.11. The second-order valence-electron chi connectivity index (χ2n) is 5.17. The molecule has 0 fully saturated rings. The molecule has 0 aliphatic carbocycles. The van der Waals surface area contributed by atoms with E-state index in [2.05, 4.69) is 15.3 Å². The number of methoxy groups -OCH3 is 1. The number of thioether (sulfide) groups is 1. The Labute approximate surface area is 150 Å². The van der Waals surface area contributed by atoms with Crippen molar-refractivity contribution in [3.63, 3.8) is 0 Å². The fourth-order valence-corrected chi connectivity index (χ4v) is 2.85. The molecule has 2 aromatic carbocycles. The standard InChI is InChI=1S/C19H17N3O2S/c1-24-16-7-9-17(10-8-16)25-13-18(23)22-15-11-20-19(21-12-15)14-5-3-2-4-6-14/h2-12H,13H2,1H3,(H,22,23). The van der Waals surface area contributed by atoms with Crippen molar-refractivity contribution >= 4 is 23.4 Å². The Morgan fingerprint density at radius 2 is 1.72 bits per heavy atom. The lowest BCUT2D eigenvalue weighted by atomic mass is 10.2. The van der Waals surface area contributed by atoms with Crippen LogP contribution in [-0.4, -0.2) is 28.7 Å². The Hall–Kier alpha value is -2.86. The maximum absolute atomic E-state index is 12.1. The van der Waals surface area contributed by atoms with Crippen LogP contribution >= 0.6 is 11.8 Å². The van der Waals surface area contributed by atoms with Crippen molar-refractivity contribution in [1.29, 1.82) is 0 Å². The molecule has 1 N–H and O–H groups in total. The van der Waals surface area contributed by atoms with E-state index in [1.807, 2.05) is 54.6 Å². The third kappa shape index (κ3) is 4.81. The molecule has 0 unspecified atom stereocenters. The molecule has 0 atom stereocenters. The van der Waals surface area contributed by atoms with Gasteiger partial charge >= 0.3 is 0 Å². The zero-order chi connectivity index (χ0) is 17.5. The monoisotopic (exact) mass is 351 g/mol. The van der Waals surface area contributed by atoms with Gasteiger partial charge in [0.25, 0.3) is 0 Å². The van der Waals surface area contributed by atoms with Gasteiger partial charge in [0.1, 0.15) is 5.75 Å². The number of amides is 1. The maximum atomic E-state index is 12.1. The molecule has 126 valence electrons. The summed E-state index contributed by atoms with van der Waals surface area (Å²) >= 11 is 1.46. The number of hydrogen-bond acceptors (Lipinski definition) is 5. The van der Waals surface area contributed by atoms with Gasteiger partial charge in [0, 0.05) is 10.5 Å². The van der Waals surface area contributed by atoms with Crippen LogP contribution in [0.5, 0.6) is 5.75 Å². The zero-order valence-corrected chi connectivity index (χ0v) is 14.5. The quantitative estimate of drug-likeness (QED) is 0.683. The van der Waals surface area contributed by atoms with Gasteiger partial charge in [0.05, 0.1) is 30.9 Å². The van der Waals surface area contributed by atoms with Crippen molar-refractivity contribution < 1.29 is 9.53 Å². The number of carbonyl (C=O) groups excluding carboxylic acids is 1. The first kappa shape index (κ1) is 17.0. The van der Waals surface area contributed by atoms with Gasteiger partial charge in [-0.05, 0) is 24.3 Å². The molecule has 0 saturated carbocycles. The lowest BCUT2D eigenvalue weighted by Crippen LogP contribution is -2.14. The molecule has 0 aliphatic heterocycles. The number of ether oxygens (including phenoxy) is 1. The van der Waals surface area contributed by atoms with Gasteiger partial charge in [-0.15, -0.1) is 11.8 Å². The van der Waals surface area contributed by atoms with Crippen molar-refractivity contribution in [3.05, 3.63) is 67.0 Å². The smallest absolute Gasteiger partial charge is 0.234 e. The minimum Gasteiger partial charge on any atom is -0.497 e. The highest BCUT2D eigenvalue weighted by molar-refractivity contribution is 8.00. The van der Waals surface area contributed by atoms with Crippen LogP contribution in [0, 0.1) is 0 Å². The molecule has 5 nitrogen and oxygen atoms in total. The fourth-order valence-electron chi connectivity index (χ4n) is 2.15. The molecule has 0 radical (unpaired) electrons. The van der Waals surface area contributed by atoms with E-state index in [1.54, 1.807) is 19.5 Å². The molecule has 1 aromatic heterocycles. The summed E-state index contributed by atoms with van der Waals surface area (Å²) in [6.07, 6.45) is 3.23. The molecule has 1 heterocycles. The molecule has 3 rings (SSSR count). The fraction of sp³-hybridized carbons (Fsp3) is 0.105. The summed E-state index contributed by atoms with van der Waals surface area (Å²) in [6.45, 7) is 0. The minimum absolute atomic E-state index is 0.100. The average Bonchev–Trinajstić information content (AvgIpc) is 2.68. The van der Waals surface area contributed by atoms with Gasteiger partial charge in [0.15, 0.2) is 5.82 Å². The summed E-state index contributed by atoms with van der Waals surface area (Å²) in [5.74, 6) is 1.64. The van der Waals surface area contributed by atoms with E-state index in [4.69, 9.17) is 4.74 Å². The normalized spacial score (nSPS) is 10.3. The highest BCUT2D eigenvalue weighted by Gasteiger charge is 2.06. The van der Waals surface area contributed by atoms with Gasteiger partial charge < -0.3 is 10.1 Å². The molecular weight excluding hydrogens is 334 g/mol. The molecular formula is C19H17N3O2S. The van der Waals surface area contributed by atoms with Gasteiger partial charge in [-0.2, -0.15) is 0 Å². The number of hydrogen-bond donors (Lipinski definition) is 1. The molecule has 0 spiro atoms. The van der Waals surface area contributed by atoms with Crippen molar-refractivity contribution in [2.45, 2.75) is 4.90 Å². The van der Waals surface area contributed by atoms with E-state index in [9.17, 15) is 4.79 Å². The first-order chi connectivity index (χ1) is 12.2. The van der Waals surface area contributed by atoms with Crippen molar-refractivity contribution in [3.8, 4) is 17.1 Å². The van der Waals surface area contributed by atoms with Gasteiger partial charge in [-0.25, -0.2) is 9.97 Å². The predicted octanol–water partition coefficient (Wildman–Crippen LogP) is 3.88. The van der Waals surface area contributed by atoms with Crippen LogP contribution in [0.2, 0.25) is 0 Å². The molecule has 6 heteroatoms. The average molecular weight is 351 g/mol. The van der Waals surface area contributed by atoms with E-state index in [1.165, 1.54) is 11.8 Å². The van der Waals surface area contributed by atoms with Crippen LogP contribution in [0.1, 0.15) is 0 Å². The molecule has 0 aliphatic rings. The number of aromatic nitrogens is 2. The second kappa shape index (κ2) is 8.30. The zero-order valence-electron chi connectivity index (χ0n) is 13.7. The number of benzene rings is 2. The maximum Gasteiger partial charge on any atom is 0.234 e. The first-order valence-corrected chi connectivity index (χ1v) is 8.67. The van der Waals surface area contributed by atoms with Crippen LogP contribution in [0.25, 0.3) is 11.4 Å². The third-order valence-corrected chi connectivity index (χ3v) is 4.41. The molecule has 25 heavy (non-hydrogen) atoms. The first-order valence-electron chi connectivity index (χ1n) is 7.69. The largest absolute Gasteiger partial charge is 0.497 e. The van der Waals surface area contributed by atoms with Crippen molar-refractivity contribution in [2.75, 3.05) is 18.2 Å². The Morgan fingerprint density at radius 1 is 1.04 bits per heavy atom. The highest BCUT2D eigenvalue weighted by atomic mass is 32.2. The van der Waals surface area contributed by atoms with Crippen molar-refractivity contribution in [1.82, 2.24) is 9.97 Å². The minimum atomic E-state index is -0.100. The predicted molar refractivity (Wildman–Crippen MR) is 99.8 cm³/mol. The number of rotatable bonds is 6. The Balaban J connectivity index is 1.54. The Bertz CT molecular complexity index is 822. The Morgan fingerprint density at radius 3 is 2.36 bits per heavy atom. The van der Waals surface area contributed by atoms with Crippen LogP contribution in [0.4, 0.5) is 5.69 Å². The number of anilines is 1. The van der Waals surface area contributed by atoms with Crippen LogP contribution < -0.4 is 10.1 Å². The molecule has 1 amide bonds. The lowest BCUT2D eigenvalue weighted by Gasteiger charge is -2.06. The summed E-state index contributed by atoms with van der Waals surface area (Å²) in [4.78, 5) is 21.6. The number of carbonyl (C=O) groups is 1. The topological polar surface area (TPSA) is 64.1 Å². The van der Waals surface area contributed by atoms with Crippen molar-refractivity contribution in [2.24, 2.45) is 0 Å². The van der Waals surface area contributed by atoms with Gasteiger partial charge in [-0.1, -0.05) is 30.3 Å². The summed E-state index contributed by atoms with van der Waals surface area (Å²) in [5.41, 5.74) is 1.52. The van der Waals surface area contributed by atoms with Gasteiger partial charge in [-0.3, -0.25) is 4.79 Å². The van der Waals surface area contributed by atoms with E-state index < -0.39 is 0 Å². The third-order valence-electron chi connectivity index (χ3n) is 3.40. The van der Waals surface area contributed by atoms with E-state index in [0.717, 1.165) is 16.2 Å². The summed E-state index contributed by atoms with van der Waals surface area (Å²) in [5, 5.41) is 2.80.